The molecule has 6 nitrogen and oxygen atoms in total. The third-order valence-corrected chi connectivity index (χ3v) is 6.29. The van der Waals surface area contributed by atoms with Crippen LogP contribution in [0.3, 0.4) is 0 Å². The minimum absolute atomic E-state index is 0.104. The van der Waals surface area contributed by atoms with Gasteiger partial charge < -0.3 is 10.2 Å². The minimum Gasteiger partial charge on any atom is -0.322 e. The molecule has 1 saturated carbocycles. The molecule has 0 radical (unpaired) electrons. The molecule has 146 valence electrons. The SMILES string of the molecule is CS(=O)(=O)c1cccc(C(=O)Nc2ccc3c(c2)N(C(=O)C2CC2)CCC3)c1. The molecule has 0 spiro atoms. The first-order chi connectivity index (χ1) is 13.3. The summed E-state index contributed by atoms with van der Waals surface area (Å²) in [6.45, 7) is 0.705. The van der Waals surface area contributed by atoms with Crippen LogP contribution in [0.4, 0.5) is 11.4 Å². The first kappa shape index (κ1) is 18.7. The molecule has 0 aromatic heterocycles. The second kappa shape index (κ2) is 7.05. The Kier molecular flexibility index (Phi) is 4.71. The number of fused-ring (bicyclic) bond motifs is 1. The summed E-state index contributed by atoms with van der Waals surface area (Å²) in [6, 6.07) is 11.6. The minimum atomic E-state index is -3.39. The monoisotopic (exact) mass is 398 g/mol. The van der Waals surface area contributed by atoms with E-state index in [0.717, 1.165) is 43.2 Å². The van der Waals surface area contributed by atoms with Crippen LogP contribution in [0.2, 0.25) is 0 Å². The molecule has 1 N–H and O–H groups in total. The maximum absolute atomic E-state index is 12.6. The van der Waals surface area contributed by atoms with Crippen LogP contribution in [0.5, 0.6) is 0 Å². The Balaban J connectivity index is 1.58. The Labute approximate surface area is 164 Å². The predicted octanol–water partition coefficient (Wildman–Crippen LogP) is 3.03. The zero-order chi connectivity index (χ0) is 19.9. The lowest BCUT2D eigenvalue weighted by Crippen LogP contribution is -2.36. The van der Waals surface area contributed by atoms with Crippen LogP contribution in [0.1, 0.15) is 35.2 Å². The Morgan fingerprint density at radius 2 is 1.89 bits per heavy atom. The van der Waals surface area contributed by atoms with E-state index in [-0.39, 0.29) is 28.2 Å². The maximum atomic E-state index is 12.6. The van der Waals surface area contributed by atoms with Gasteiger partial charge in [-0.2, -0.15) is 0 Å². The number of anilines is 2. The summed E-state index contributed by atoms with van der Waals surface area (Å²) < 4.78 is 23.4. The first-order valence-corrected chi connectivity index (χ1v) is 11.3. The van der Waals surface area contributed by atoms with E-state index in [1.165, 1.54) is 12.1 Å². The van der Waals surface area contributed by atoms with E-state index in [1.807, 2.05) is 23.1 Å². The molecule has 28 heavy (non-hydrogen) atoms. The number of nitrogens with one attached hydrogen (secondary N) is 1. The number of aryl methyl sites for hydroxylation is 1. The number of nitrogens with zero attached hydrogens (tertiary/aromatic N) is 1. The molecule has 0 bridgehead atoms. The van der Waals surface area contributed by atoms with Gasteiger partial charge in [0.05, 0.1) is 4.90 Å². The molecular formula is C21H22N2O4S. The van der Waals surface area contributed by atoms with Gasteiger partial charge in [0.25, 0.3) is 5.91 Å². The molecule has 7 heteroatoms. The second-order valence-electron chi connectivity index (χ2n) is 7.47. The number of carbonyl (C=O) groups excluding carboxylic acids is 2. The molecule has 0 unspecified atom stereocenters. The van der Waals surface area contributed by atoms with Crippen molar-refractivity contribution in [2.75, 3.05) is 23.0 Å². The number of benzene rings is 2. The van der Waals surface area contributed by atoms with Crippen molar-refractivity contribution in [2.24, 2.45) is 5.92 Å². The fourth-order valence-corrected chi connectivity index (χ4v) is 4.17. The molecule has 2 aromatic rings. The summed E-state index contributed by atoms with van der Waals surface area (Å²) in [4.78, 5) is 27.1. The predicted molar refractivity (Wildman–Crippen MR) is 107 cm³/mol. The Bertz CT molecular complexity index is 1060. The van der Waals surface area contributed by atoms with Gasteiger partial charge in [-0.15, -0.1) is 0 Å². The van der Waals surface area contributed by atoms with Gasteiger partial charge in [-0.25, -0.2) is 8.42 Å². The number of hydrogen-bond donors (Lipinski definition) is 1. The van der Waals surface area contributed by atoms with Gasteiger partial charge in [-0.05, 0) is 61.6 Å². The van der Waals surface area contributed by atoms with Crippen LogP contribution in [-0.2, 0) is 21.1 Å². The van der Waals surface area contributed by atoms with Crippen LogP contribution in [0, 0.1) is 5.92 Å². The lowest BCUT2D eigenvalue weighted by Gasteiger charge is -2.30. The number of rotatable bonds is 4. The van der Waals surface area contributed by atoms with Crippen molar-refractivity contribution in [2.45, 2.75) is 30.6 Å². The van der Waals surface area contributed by atoms with E-state index in [1.54, 1.807) is 12.1 Å². The van der Waals surface area contributed by atoms with Crippen LogP contribution < -0.4 is 10.2 Å². The smallest absolute Gasteiger partial charge is 0.255 e. The Hall–Kier alpha value is -2.67. The third kappa shape index (κ3) is 3.80. The van der Waals surface area contributed by atoms with Gasteiger partial charge in [0.15, 0.2) is 9.84 Å². The topological polar surface area (TPSA) is 83.6 Å². The molecule has 1 fully saturated rings. The highest BCUT2D eigenvalue weighted by Gasteiger charge is 2.35. The van der Waals surface area contributed by atoms with E-state index in [9.17, 15) is 18.0 Å². The lowest BCUT2D eigenvalue weighted by molar-refractivity contribution is -0.119. The zero-order valence-corrected chi connectivity index (χ0v) is 16.5. The molecule has 1 heterocycles. The van der Waals surface area contributed by atoms with Gasteiger partial charge >= 0.3 is 0 Å². The summed E-state index contributed by atoms with van der Waals surface area (Å²) in [5, 5.41) is 2.82. The summed E-state index contributed by atoms with van der Waals surface area (Å²) in [5.41, 5.74) is 2.83. The molecular weight excluding hydrogens is 376 g/mol. The summed E-state index contributed by atoms with van der Waals surface area (Å²) in [5.74, 6) is -0.0745. The fraction of sp³-hybridized carbons (Fsp3) is 0.333. The van der Waals surface area contributed by atoms with E-state index >= 15 is 0 Å². The molecule has 4 rings (SSSR count). The van der Waals surface area contributed by atoms with Crippen molar-refractivity contribution in [1.29, 1.82) is 0 Å². The van der Waals surface area contributed by atoms with Gasteiger partial charge in [0.2, 0.25) is 5.91 Å². The van der Waals surface area contributed by atoms with E-state index in [4.69, 9.17) is 0 Å². The summed E-state index contributed by atoms with van der Waals surface area (Å²) in [6.07, 6.45) is 4.87. The van der Waals surface area contributed by atoms with E-state index in [2.05, 4.69) is 5.32 Å². The van der Waals surface area contributed by atoms with Gasteiger partial charge in [0.1, 0.15) is 0 Å². The largest absolute Gasteiger partial charge is 0.322 e. The Morgan fingerprint density at radius 3 is 2.61 bits per heavy atom. The van der Waals surface area contributed by atoms with Crippen molar-refractivity contribution in [1.82, 2.24) is 0 Å². The van der Waals surface area contributed by atoms with Crippen molar-refractivity contribution < 1.29 is 18.0 Å². The molecule has 2 aliphatic rings. The van der Waals surface area contributed by atoms with Gasteiger partial charge in [-0.1, -0.05) is 12.1 Å². The number of carbonyl (C=O) groups is 2. The summed E-state index contributed by atoms with van der Waals surface area (Å²) >= 11 is 0. The molecule has 2 aromatic carbocycles. The second-order valence-corrected chi connectivity index (χ2v) is 9.48. The normalized spacial score (nSPS) is 16.4. The van der Waals surface area contributed by atoms with Gasteiger partial charge in [-0.3, -0.25) is 9.59 Å². The highest BCUT2D eigenvalue weighted by molar-refractivity contribution is 7.90. The quantitative estimate of drug-likeness (QED) is 0.858. The summed E-state index contributed by atoms with van der Waals surface area (Å²) in [7, 11) is -3.39. The van der Waals surface area contributed by atoms with Crippen molar-refractivity contribution in [3.8, 4) is 0 Å². The molecule has 1 aliphatic heterocycles. The highest BCUT2D eigenvalue weighted by Crippen LogP contribution is 2.37. The third-order valence-electron chi connectivity index (χ3n) is 5.18. The fourth-order valence-electron chi connectivity index (χ4n) is 3.50. The number of amides is 2. The van der Waals surface area contributed by atoms with Crippen molar-refractivity contribution in [3.05, 3.63) is 53.6 Å². The first-order valence-electron chi connectivity index (χ1n) is 9.39. The van der Waals surface area contributed by atoms with E-state index in [0.29, 0.717) is 12.2 Å². The van der Waals surface area contributed by atoms with Crippen LogP contribution in [0.15, 0.2) is 47.4 Å². The van der Waals surface area contributed by atoms with Crippen LogP contribution in [0.25, 0.3) is 0 Å². The number of hydrogen-bond acceptors (Lipinski definition) is 4. The maximum Gasteiger partial charge on any atom is 0.255 e. The zero-order valence-electron chi connectivity index (χ0n) is 15.6. The Morgan fingerprint density at radius 1 is 1.11 bits per heavy atom. The van der Waals surface area contributed by atoms with Crippen LogP contribution >= 0.6 is 0 Å². The van der Waals surface area contributed by atoms with Gasteiger partial charge in [0, 0.05) is 35.7 Å². The average molecular weight is 398 g/mol. The average Bonchev–Trinajstić information content (AvgIpc) is 3.51. The molecule has 2 amide bonds. The van der Waals surface area contributed by atoms with Crippen molar-refractivity contribution >= 4 is 33.0 Å². The van der Waals surface area contributed by atoms with E-state index < -0.39 is 9.84 Å². The molecule has 0 saturated heterocycles. The van der Waals surface area contributed by atoms with Crippen LogP contribution in [-0.4, -0.2) is 33.0 Å². The van der Waals surface area contributed by atoms with Crippen molar-refractivity contribution in [3.63, 3.8) is 0 Å². The lowest BCUT2D eigenvalue weighted by atomic mass is 10.0. The molecule has 0 atom stereocenters. The standard InChI is InChI=1S/C21H22N2O4S/c1-28(26,27)18-6-2-4-16(12-18)20(24)22-17-10-9-14-5-3-11-23(19(14)13-17)21(25)15-7-8-15/h2,4,6,9-10,12-13,15H,3,5,7-8,11H2,1H3,(H,22,24). The number of sulfone groups is 1. The highest BCUT2D eigenvalue weighted by atomic mass is 32.2. The molecule has 1 aliphatic carbocycles.